The Kier molecular flexibility index (Phi) is 5.55. The average molecular weight is 310 g/mol. The zero-order valence-electron chi connectivity index (χ0n) is 12.5. The first-order valence-corrected chi connectivity index (χ1v) is 8.12. The molecule has 1 fully saturated rings. The van der Waals surface area contributed by atoms with Crippen LogP contribution in [-0.4, -0.2) is 52.9 Å². The molecule has 1 saturated heterocycles. The van der Waals surface area contributed by atoms with Gasteiger partial charge >= 0.3 is 6.03 Å². The minimum absolute atomic E-state index is 0.0460. The van der Waals surface area contributed by atoms with Crippen LogP contribution in [0.4, 0.5) is 4.79 Å². The molecule has 3 amide bonds. The number of urea groups is 1. The smallest absolute Gasteiger partial charge is 0.317 e. The summed E-state index contributed by atoms with van der Waals surface area (Å²) in [5, 5.41) is 5.78. The Bertz CT molecular complexity index is 477. The average Bonchev–Trinajstić information content (AvgIpc) is 3.08. The lowest BCUT2D eigenvalue weighted by molar-refractivity contribution is -0.127. The summed E-state index contributed by atoms with van der Waals surface area (Å²) in [6, 6.07) is -0.0601. The van der Waals surface area contributed by atoms with Crippen LogP contribution in [0.25, 0.3) is 0 Å². The molecule has 1 N–H and O–H groups in total. The first kappa shape index (κ1) is 15.8. The molecular formula is C14H22N4O2S. The topological polar surface area (TPSA) is 65.5 Å². The van der Waals surface area contributed by atoms with Crippen molar-refractivity contribution in [3.05, 3.63) is 16.6 Å². The van der Waals surface area contributed by atoms with Crippen LogP contribution >= 0.6 is 11.3 Å². The van der Waals surface area contributed by atoms with Gasteiger partial charge in [-0.15, -0.1) is 11.3 Å². The van der Waals surface area contributed by atoms with Crippen molar-refractivity contribution < 1.29 is 9.59 Å². The molecule has 0 aliphatic carbocycles. The number of carbonyl (C=O) groups excluding carboxylic acids is 2. The van der Waals surface area contributed by atoms with Crippen molar-refractivity contribution in [2.24, 2.45) is 0 Å². The van der Waals surface area contributed by atoms with E-state index in [-0.39, 0.29) is 18.0 Å². The summed E-state index contributed by atoms with van der Waals surface area (Å²) in [6.07, 6.45) is 4.14. The number of amides is 3. The maximum atomic E-state index is 12.1. The van der Waals surface area contributed by atoms with Crippen molar-refractivity contribution in [3.8, 4) is 0 Å². The highest BCUT2D eigenvalue weighted by Gasteiger charge is 2.21. The molecule has 0 bridgehead atoms. The van der Waals surface area contributed by atoms with E-state index >= 15 is 0 Å². The number of carbonyl (C=O) groups is 2. The molecule has 2 heterocycles. The molecule has 1 aliphatic rings. The SMILES string of the molecule is C[C@@H](CCN1CCCC1=O)NC(=O)N(C)Cc1nccs1. The molecule has 1 atom stereocenters. The molecule has 7 heteroatoms. The Morgan fingerprint density at radius 2 is 2.43 bits per heavy atom. The minimum Gasteiger partial charge on any atom is -0.343 e. The van der Waals surface area contributed by atoms with E-state index in [0.29, 0.717) is 13.0 Å². The van der Waals surface area contributed by atoms with E-state index in [9.17, 15) is 9.59 Å². The second kappa shape index (κ2) is 7.40. The zero-order valence-corrected chi connectivity index (χ0v) is 13.4. The molecule has 1 aromatic rings. The Hall–Kier alpha value is -1.63. The Labute approximate surface area is 129 Å². The van der Waals surface area contributed by atoms with E-state index in [0.717, 1.165) is 30.9 Å². The van der Waals surface area contributed by atoms with Gasteiger partial charge in [0.05, 0.1) is 6.54 Å². The number of hydrogen-bond acceptors (Lipinski definition) is 4. The number of rotatable bonds is 6. The van der Waals surface area contributed by atoms with Crippen LogP contribution in [0.15, 0.2) is 11.6 Å². The van der Waals surface area contributed by atoms with Crippen molar-refractivity contribution in [2.45, 2.75) is 38.8 Å². The Balaban J connectivity index is 1.70. The molecule has 0 saturated carbocycles. The number of thiazole rings is 1. The second-order valence-electron chi connectivity index (χ2n) is 5.41. The quantitative estimate of drug-likeness (QED) is 0.869. The maximum Gasteiger partial charge on any atom is 0.317 e. The summed E-state index contributed by atoms with van der Waals surface area (Å²) >= 11 is 1.54. The fourth-order valence-corrected chi connectivity index (χ4v) is 2.96. The third-order valence-electron chi connectivity index (χ3n) is 3.58. The molecule has 116 valence electrons. The van der Waals surface area contributed by atoms with Gasteiger partial charge in [-0.3, -0.25) is 4.79 Å². The summed E-state index contributed by atoms with van der Waals surface area (Å²) in [4.78, 5) is 31.2. The second-order valence-corrected chi connectivity index (χ2v) is 6.38. The van der Waals surface area contributed by atoms with Gasteiger partial charge in [-0.05, 0) is 19.8 Å². The zero-order chi connectivity index (χ0) is 15.2. The first-order valence-electron chi connectivity index (χ1n) is 7.24. The minimum atomic E-state index is -0.106. The van der Waals surface area contributed by atoms with Crippen molar-refractivity contribution >= 4 is 23.3 Å². The van der Waals surface area contributed by atoms with Gasteiger partial charge in [0.2, 0.25) is 5.91 Å². The van der Waals surface area contributed by atoms with Crippen molar-refractivity contribution in [2.75, 3.05) is 20.1 Å². The first-order chi connectivity index (χ1) is 10.1. The molecule has 0 spiro atoms. The predicted molar refractivity (Wildman–Crippen MR) is 82.0 cm³/mol. The van der Waals surface area contributed by atoms with Gasteiger partial charge in [0.1, 0.15) is 5.01 Å². The predicted octanol–water partition coefficient (Wildman–Crippen LogP) is 1.69. The third kappa shape index (κ3) is 4.70. The lowest BCUT2D eigenvalue weighted by Gasteiger charge is -2.22. The van der Waals surface area contributed by atoms with Crippen LogP contribution in [0, 0.1) is 0 Å². The van der Waals surface area contributed by atoms with Crippen LogP contribution in [0.1, 0.15) is 31.2 Å². The summed E-state index contributed by atoms with van der Waals surface area (Å²) in [6.45, 7) is 4.05. The monoisotopic (exact) mass is 310 g/mol. The lowest BCUT2D eigenvalue weighted by Crippen LogP contribution is -2.43. The molecule has 0 aromatic carbocycles. The Morgan fingerprint density at radius 3 is 3.05 bits per heavy atom. The largest absolute Gasteiger partial charge is 0.343 e. The van der Waals surface area contributed by atoms with Crippen molar-refractivity contribution in [1.29, 1.82) is 0 Å². The van der Waals surface area contributed by atoms with Gasteiger partial charge in [0.15, 0.2) is 0 Å². The summed E-state index contributed by atoms with van der Waals surface area (Å²) < 4.78 is 0. The van der Waals surface area contributed by atoms with Gasteiger partial charge in [-0.2, -0.15) is 0 Å². The highest BCUT2D eigenvalue weighted by atomic mass is 32.1. The van der Waals surface area contributed by atoms with Gasteiger partial charge in [0.25, 0.3) is 0 Å². The number of likely N-dealkylation sites (tertiary alicyclic amines) is 1. The Morgan fingerprint density at radius 1 is 1.62 bits per heavy atom. The van der Waals surface area contributed by atoms with Crippen LogP contribution < -0.4 is 5.32 Å². The molecule has 6 nitrogen and oxygen atoms in total. The molecule has 2 rings (SSSR count). The lowest BCUT2D eigenvalue weighted by atomic mass is 10.2. The number of nitrogens with zero attached hydrogens (tertiary/aromatic N) is 3. The molecular weight excluding hydrogens is 288 g/mol. The van der Waals surface area contributed by atoms with Crippen molar-refractivity contribution in [3.63, 3.8) is 0 Å². The molecule has 21 heavy (non-hydrogen) atoms. The van der Waals surface area contributed by atoms with E-state index in [1.807, 2.05) is 17.2 Å². The van der Waals surface area contributed by atoms with Crippen LogP contribution in [0.2, 0.25) is 0 Å². The van der Waals surface area contributed by atoms with Crippen molar-refractivity contribution in [1.82, 2.24) is 20.1 Å². The van der Waals surface area contributed by atoms with E-state index in [1.165, 1.54) is 11.3 Å². The summed E-state index contributed by atoms with van der Waals surface area (Å²) in [5.74, 6) is 0.231. The highest BCUT2D eigenvalue weighted by Crippen LogP contribution is 2.11. The van der Waals surface area contributed by atoms with Gasteiger partial charge < -0.3 is 15.1 Å². The van der Waals surface area contributed by atoms with Crippen LogP contribution in [-0.2, 0) is 11.3 Å². The van der Waals surface area contributed by atoms with Crippen LogP contribution in [0.5, 0.6) is 0 Å². The van der Waals surface area contributed by atoms with E-state index in [1.54, 1.807) is 18.1 Å². The fraction of sp³-hybridized carbons (Fsp3) is 0.643. The maximum absolute atomic E-state index is 12.1. The van der Waals surface area contributed by atoms with E-state index in [4.69, 9.17) is 0 Å². The highest BCUT2D eigenvalue weighted by molar-refractivity contribution is 7.09. The molecule has 1 aromatic heterocycles. The van der Waals surface area contributed by atoms with Gasteiger partial charge in [0, 0.05) is 44.2 Å². The number of nitrogens with one attached hydrogen (secondary N) is 1. The third-order valence-corrected chi connectivity index (χ3v) is 4.34. The van der Waals surface area contributed by atoms with E-state index < -0.39 is 0 Å². The van der Waals surface area contributed by atoms with Gasteiger partial charge in [-0.25, -0.2) is 9.78 Å². The summed E-state index contributed by atoms with van der Waals surface area (Å²) in [5.41, 5.74) is 0. The van der Waals surface area contributed by atoms with E-state index in [2.05, 4.69) is 10.3 Å². The fourth-order valence-electron chi connectivity index (χ4n) is 2.29. The standard InChI is InChI=1S/C14H22N4O2S/c1-11(5-8-18-7-3-4-13(18)19)16-14(20)17(2)10-12-15-6-9-21-12/h6,9,11H,3-5,7-8,10H2,1-2H3,(H,16,20)/t11-/m0/s1. The van der Waals surface area contributed by atoms with Gasteiger partial charge in [-0.1, -0.05) is 0 Å². The number of aromatic nitrogens is 1. The molecule has 1 aliphatic heterocycles. The molecule has 0 unspecified atom stereocenters. The normalized spacial score (nSPS) is 16.1. The van der Waals surface area contributed by atoms with Crippen LogP contribution in [0.3, 0.4) is 0 Å². The molecule has 0 radical (unpaired) electrons. The summed E-state index contributed by atoms with van der Waals surface area (Å²) in [7, 11) is 1.76. The number of hydrogen-bond donors (Lipinski definition) is 1.